The SMILES string of the molecule is CCc1ccccc1-c1nc(NS(=O)(=O)c2cccc(N3CCC[C@@](C)(C(=O)O)C3)n2)ccc1Cl. The summed E-state index contributed by atoms with van der Waals surface area (Å²) in [4.78, 5) is 22.4. The number of halogens is 1. The maximum atomic E-state index is 13.2. The Bertz CT molecular complexity index is 1370. The van der Waals surface area contributed by atoms with E-state index in [2.05, 4.69) is 14.7 Å². The van der Waals surface area contributed by atoms with E-state index >= 15 is 0 Å². The second-order valence-corrected chi connectivity index (χ2v) is 10.9. The molecule has 1 saturated heterocycles. The summed E-state index contributed by atoms with van der Waals surface area (Å²) in [5, 5.41) is 9.84. The van der Waals surface area contributed by atoms with E-state index in [1.807, 2.05) is 36.1 Å². The highest BCUT2D eigenvalue weighted by atomic mass is 35.5. The number of hydrogen-bond donors (Lipinski definition) is 2. The van der Waals surface area contributed by atoms with E-state index in [1.165, 1.54) is 12.1 Å². The number of sulfonamides is 1. The van der Waals surface area contributed by atoms with Crippen LogP contribution in [0.2, 0.25) is 5.02 Å². The normalized spacial score (nSPS) is 18.3. The Balaban J connectivity index is 1.62. The van der Waals surface area contributed by atoms with Gasteiger partial charge in [-0.05, 0) is 56.0 Å². The van der Waals surface area contributed by atoms with Gasteiger partial charge in [0.25, 0.3) is 10.0 Å². The van der Waals surface area contributed by atoms with Gasteiger partial charge in [-0.25, -0.2) is 9.97 Å². The Morgan fingerprint density at radius 1 is 1.14 bits per heavy atom. The van der Waals surface area contributed by atoms with Crippen molar-refractivity contribution in [3.05, 3.63) is 65.2 Å². The van der Waals surface area contributed by atoms with Crippen molar-refractivity contribution >= 4 is 39.2 Å². The molecule has 1 atom stereocenters. The summed E-state index contributed by atoms with van der Waals surface area (Å²) in [6.45, 7) is 4.58. The molecule has 0 unspecified atom stereocenters. The van der Waals surface area contributed by atoms with Crippen molar-refractivity contribution in [3.8, 4) is 11.3 Å². The molecule has 8 nitrogen and oxygen atoms in total. The van der Waals surface area contributed by atoms with Crippen LogP contribution in [0.5, 0.6) is 0 Å². The van der Waals surface area contributed by atoms with Crippen molar-refractivity contribution in [2.24, 2.45) is 5.41 Å². The van der Waals surface area contributed by atoms with E-state index in [9.17, 15) is 18.3 Å². The molecular weight excluding hydrogens is 488 g/mol. The molecule has 184 valence electrons. The smallest absolute Gasteiger partial charge is 0.311 e. The number of carboxylic acid groups (broad SMARTS) is 1. The average Bonchev–Trinajstić information content (AvgIpc) is 2.85. The zero-order chi connectivity index (χ0) is 25.2. The van der Waals surface area contributed by atoms with Crippen LogP contribution in [-0.4, -0.2) is 42.6 Å². The summed E-state index contributed by atoms with van der Waals surface area (Å²) in [7, 11) is -4.06. The van der Waals surface area contributed by atoms with Crippen molar-refractivity contribution in [1.29, 1.82) is 0 Å². The number of carboxylic acids is 1. The molecule has 0 spiro atoms. The summed E-state index contributed by atoms with van der Waals surface area (Å²) in [5.74, 6) is -0.331. The summed E-state index contributed by atoms with van der Waals surface area (Å²) < 4.78 is 28.8. The fourth-order valence-corrected chi connectivity index (χ4v) is 5.45. The molecule has 2 aromatic heterocycles. The molecule has 3 heterocycles. The summed E-state index contributed by atoms with van der Waals surface area (Å²) in [5.41, 5.74) is 1.47. The molecule has 0 bridgehead atoms. The van der Waals surface area contributed by atoms with Gasteiger partial charge < -0.3 is 10.0 Å². The third kappa shape index (κ3) is 5.26. The lowest BCUT2D eigenvalue weighted by atomic mass is 9.82. The number of rotatable bonds is 7. The van der Waals surface area contributed by atoms with Crippen LogP contribution in [0, 0.1) is 5.41 Å². The van der Waals surface area contributed by atoms with E-state index in [0.29, 0.717) is 35.9 Å². The number of nitrogens with one attached hydrogen (secondary N) is 1. The fraction of sp³-hybridized carbons (Fsp3) is 0.320. The molecule has 3 aromatic rings. The van der Waals surface area contributed by atoms with Gasteiger partial charge in [-0.15, -0.1) is 0 Å². The number of anilines is 2. The number of carbonyl (C=O) groups is 1. The summed E-state index contributed by atoms with van der Waals surface area (Å²) in [6.07, 6.45) is 2.01. The first-order chi connectivity index (χ1) is 16.6. The first-order valence-electron chi connectivity index (χ1n) is 11.4. The van der Waals surface area contributed by atoms with Gasteiger partial charge in [-0.3, -0.25) is 9.52 Å². The van der Waals surface area contributed by atoms with Gasteiger partial charge in [0, 0.05) is 18.7 Å². The van der Waals surface area contributed by atoms with Crippen LogP contribution in [0.15, 0.2) is 59.6 Å². The number of hydrogen-bond acceptors (Lipinski definition) is 6. The van der Waals surface area contributed by atoms with Crippen LogP contribution in [0.1, 0.15) is 32.3 Å². The lowest BCUT2D eigenvalue weighted by molar-refractivity contribution is -0.148. The van der Waals surface area contributed by atoms with Gasteiger partial charge in [0.1, 0.15) is 11.6 Å². The molecule has 1 fully saturated rings. The van der Waals surface area contributed by atoms with Crippen LogP contribution >= 0.6 is 11.6 Å². The lowest BCUT2D eigenvalue weighted by Crippen LogP contribution is -2.46. The van der Waals surface area contributed by atoms with Crippen LogP contribution in [-0.2, 0) is 21.2 Å². The lowest BCUT2D eigenvalue weighted by Gasteiger charge is -2.38. The van der Waals surface area contributed by atoms with Gasteiger partial charge >= 0.3 is 5.97 Å². The molecule has 35 heavy (non-hydrogen) atoms. The molecule has 0 aliphatic carbocycles. The third-order valence-electron chi connectivity index (χ3n) is 6.26. The first-order valence-corrected chi connectivity index (χ1v) is 13.2. The number of benzene rings is 1. The van der Waals surface area contributed by atoms with E-state index in [4.69, 9.17) is 11.6 Å². The molecule has 4 rings (SSSR count). The quantitative estimate of drug-likeness (QED) is 0.463. The standard InChI is InChI=1S/C25H27ClN4O4S/c1-3-17-8-4-5-9-18(17)23-19(26)12-13-20(27-23)29-35(33,34)22-11-6-10-21(28-22)30-15-7-14-25(2,16-30)24(31)32/h4-6,8-13H,3,7,14-16H2,1-2H3,(H,27,29)(H,31,32)/t25-/m1/s1. The number of piperidine rings is 1. The van der Waals surface area contributed by atoms with Gasteiger partial charge in [0.05, 0.1) is 16.1 Å². The first kappa shape index (κ1) is 24.9. The Morgan fingerprint density at radius 2 is 1.91 bits per heavy atom. The Labute approximate surface area is 210 Å². The Hall–Kier alpha value is -3.17. The summed E-state index contributed by atoms with van der Waals surface area (Å²) >= 11 is 6.40. The molecule has 1 aliphatic rings. The van der Waals surface area contributed by atoms with Crippen molar-refractivity contribution < 1.29 is 18.3 Å². The van der Waals surface area contributed by atoms with E-state index in [-0.39, 0.29) is 17.4 Å². The minimum Gasteiger partial charge on any atom is -0.481 e. The van der Waals surface area contributed by atoms with Crippen molar-refractivity contribution in [1.82, 2.24) is 9.97 Å². The minimum atomic E-state index is -4.06. The highest BCUT2D eigenvalue weighted by Crippen LogP contribution is 2.33. The predicted octanol–water partition coefficient (Wildman–Crippen LogP) is 4.85. The van der Waals surface area contributed by atoms with Crippen LogP contribution in [0.4, 0.5) is 11.6 Å². The monoisotopic (exact) mass is 514 g/mol. The molecule has 2 N–H and O–H groups in total. The van der Waals surface area contributed by atoms with Crippen LogP contribution in [0.25, 0.3) is 11.3 Å². The average molecular weight is 515 g/mol. The maximum absolute atomic E-state index is 13.2. The number of pyridine rings is 2. The van der Waals surface area contributed by atoms with E-state index in [1.54, 1.807) is 25.1 Å². The maximum Gasteiger partial charge on any atom is 0.311 e. The van der Waals surface area contributed by atoms with Crippen molar-refractivity contribution in [2.45, 2.75) is 38.1 Å². The highest BCUT2D eigenvalue weighted by molar-refractivity contribution is 7.92. The molecular formula is C25H27ClN4O4S. The molecule has 0 amide bonds. The topological polar surface area (TPSA) is 112 Å². The highest BCUT2D eigenvalue weighted by Gasteiger charge is 2.38. The van der Waals surface area contributed by atoms with Crippen molar-refractivity contribution in [2.75, 3.05) is 22.7 Å². The van der Waals surface area contributed by atoms with Crippen LogP contribution in [0.3, 0.4) is 0 Å². The van der Waals surface area contributed by atoms with Gasteiger partial charge in [-0.1, -0.05) is 48.9 Å². The molecule has 1 aliphatic heterocycles. The molecule has 10 heteroatoms. The molecule has 0 radical (unpaired) electrons. The van der Waals surface area contributed by atoms with E-state index in [0.717, 1.165) is 17.5 Å². The second kappa shape index (κ2) is 9.83. The zero-order valence-electron chi connectivity index (χ0n) is 19.5. The predicted molar refractivity (Wildman–Crippen MR) is 136 cm³/mol. The van der Waals surface area contributed by atoms with Crippen molar-refractivity contribution in [3.63, 3.8) is 0 Å². The molecule has 1 aromatic carbocycles. The van der Waals surface area contributed by atoms with Gasteiger partial charge in [-0.2, -0.15) is 8.42 Å². The number of aryl methyl sites for hydroxylation is 1. The molecule has 0 saturated carbocycles. The number of nitrogens with zero attached hydrogens (tertiary/aromatic N) is 3. The fourth-order valence-electron chi connectivity index (χ4n) is 4.28. The summed E-state index contributed by atoms with van der Waals surface area (Å²) in [6, 6.07) is 15.5. The third-order valence-corrected chi connectivity index (χ3v) is 7.82. The Morgan fingerprint density at radius 3 is 2.66 bits per heavy atom. The van der Waals surface area contributed by atoms with Gasteiger partial charge in [0.2, 0.25) is 0 Å². The van der Waals surface area contributed by atoms with E-state index < -0.39 is 21.4 Å². The van der Waals surface area contributed by atoms with Crippen LogP contribution < -0.4 is 9.62 Å². The largest absolute Gasteiger partial charge is 0.481 e. The second-order valence-electron chi connectivity index (χ2n) is 8.87. The number of aromatic nitrogens is 2. The Kier molecular flexibility index (Phi) is 7.00. The zero-order valence-corrected chi connectivity index (χ0v) is 21.1. The minimum absolute atomic E-state index is 0.124. The number of aliphatic carboxylic acids is 1. The van der Waals surface area contributed by atoms with Gasteiger partial charge in [0.15, 0.2) is 5.03 Å².